The molecule has 0 aromatic carbocycles. The Morgan fingerprint density at radius 2 is 1.81 bits per heavy atom. The molecule has 4 aliphatic rings. The monoisotopic (exact) mass is 289 g/mol. The molecule has 4 nitrogen and oxygen atoms in total. The summed E-state index contributed by atoms with van der Waals surface area (Å²) in [5.41, 5.74) is 6.05. The quantitative estimate of drug-likeness (QED) is 0.904. The summed E-state index contributed by atoms with van der Waals surface area (Å²) in [7, 11) is 0. The third-order valence-electron chi connectivity index (χ3n) is 6.35. The molecule has 116 valence electrons. The van der Waals surface area contributed by atoms with Crippen LogP contribution in [0, 0.1) is 23.7 Å². The molecule has 4 heteroatoms. The van der Waals surface area contributed by atoms with Gasteiger partial charge in [0, 0.05) is 11.8 Å². The third-order valence-corrected chi connectivity index (χ3v) is 6.35. The first kappa shape index (κ1) is 13.7. The molecule has 1 heterocycles. The highest BCUT2D eigenvalue weighted by atomic mass is 16.5. The van der Waals surface area contributed by atoms with Crippen LogP contribution in [0.15, 0.2) is 4.52 Å². The van der Waals surface area contributed by atoms with Crippen molar-refractivity contribution in [3.63, 3.8) is 0 Å². The minimum atomic E-state index is 0.251. The van der Waals surface area contributed by atoms with Gasteiger partial charge in [-0.15, -0.1) is 0 Å². The van der Waals surface area contributed by atoms with Crippen LogP contribution in [-0.2, 0) is 11.8 Å². The lowest BCUT2D eigenvalue weighted by Crippen LogP contribution is -2.49. The van der Waals surface area contributed by atoms with Crippen LogP contribution < -0.4 is 5.73 Å². The summed E-state index contributed by atoms with van der Waals surface area (Å²) in [6.07, 6.45) is 10.2. The van der Waals surface area contributed by atoms with Gasteiger partial charge < -0.3 is 10.3 Å². The molecular weight excluding hydrogens is 262 g/mol. The molecule has 0 radical (unpaired) electrons. The van der Waals surface area contributed by atoms with Crippen molar-refractivity contribution in [3.05, 3.63) is 11.7 Å². The van der Waals surface area contributed by atoms with Gasteiger partial charge in [-0.1, -0.05) is 18.5 Å². The Morgan fingerprint density at radius 1 is 1.19 bits per heavy atom. The van der Waals surface area contributed by atoms with Crippen LogP contribution in [0.2, 0.25) is 0 Å². The Kier molecular flexibility index (Phi) is 3.32. The standard InChI is InChI=1S/C17H27N3O/c1-2-11(10-18)6-15-19-16(20-21-15)17-7-12-3-13(8-17)5-14(4-12)9-17/h11-14H,2-10,18H2,1H3. The minimum Gasteiger partial charge on any atom is -0.339 e. The number of nitrogens with two attached hydrogens (primary N) is 1. The molecule has 4 fully saturated rings. The van der Waals surface area contributed by atoms with Crippen LogP contribution in [0.4, 0.5) is 0 Å². The van der Waals surface area contributed by atoms with Crippen molar-refractivity contribution in [1.29, 1.82) is 0 Å². The van der Waals surface area contributed by atoms with Crippen LogP contribution in [0.3, 0.4) is 0 Å². The molecule has 4 saturated carbocycles. The number of hydrogen-bond donors (Lipinski definition) is 1. The van der Waals surface area contributed by atoms with E-state index in [0.29, 0.717) is 12.5 Å². The second-order valence-corrected chi connectivity index (χ2v) is 7.92. The Balaban J connectivity index is 1.55. The lowest BCUT2D eigenvalue weighted by molar-refractivity contribution is -0.0103. The fourth-order valence-corrected chi connectivity index (χ4v) is 5.58. The van der Waals surface area contributed by atoms with Crippen molar-refractivity contribution in [2.24, 2.45) is 29.4 Å². The molecule has 0 saturated heterocycles. The topological polar surface area (TPSA) is 64.9 Å². The van der Waals surface area contributed by atoms with E-state index in [9.17, 15) is 0 Å². The second kappa shape index (κ2) is 5.08. The first-order chi connectivity index (χ1) is 10.2. The van der Waals surface area contributed by atoms with Gasteiger partial charge in [0.2, 0.25) is 5.89 Å². The van der Waals surface area contributed by atoms with Crippen molar-refractivity contribution in [1.82, 2.24) is 10.1 Å². The maximum Gasteiger partial charge on any atom is 0.226 e. The molecule has 21 heavy (non-hydrogen) atoms. The van der Waals surface area contributed by atoms with E-state index >= 15 is 0 Å². The maximum atomic E-state index is 5.79. The summed E-state index contributed by atoms with van der Waals surface area (Å²) < 4.78 is 5.57. The van der Waals surface area contributed by atoms with Crippen molar-refractivity contribution >= 4 is 0 Å². The lowest BCUT2D eigenvalue weighted by Gasteiger charge is -2.55. The van der Waals surface area contributed by atoms with E-state index in [1.54, 1.807) is 0 Å². The van der Waals surface area contributed by atoms with E-state index in [1.165, 1.54) is 38.5 Å². The second-order valence-electron chi connectivity index (χ2n) is 7.92. The SMILES string of the molecule is CCC(CN)Cc1nc(C23CC4CC(CC(C4)C2)C3)no1. The number of rotatable bonds is 5. The zero-order valence-electron chi connectivity index (χ0n) is 13.1. The molecule has 5 rings (SSSR count). The fourth-order valence-electron chi connectivity index (χ4n) is 5.58. The van der Waals surface area contributed by atoms with Crippen molar-refractivity contribution in [3.8, 4) is 0 Å². The maximum absolute atomic E-state index is 5.79. The van der Waals surface area contributed by atoms with Gasteiger partial charge in [-0.2, -0.15) is 4.98 Å². The highest BCUT2D eigenvalue weighted by Gasteiger charge is 2.53. The minimum absolute atomic E-state index is 0.251. The molecule has 4 bridgehead atoms. The van der Waals surface area contributed by atoms with Crippen LogP contribution in [-0.4, -0.2) is 16.7 Å². The average molecular weight is 289 g/mol. The summed E-state index contributed by atoms with van der Waals surface area (Å²) in [6, 6.07) is 0. The Bertz CT molecular complexity index is 471. The Morgan fingerprint density at radius 3 is 2.33 bits per heavy atom. The normalized spacial score (nSPS) is 38.9. The van der Waals surface area contributed by atoms with Crippen LogP contribution >= 0.6 is 0 Å². The fraction of sp³-hybridized carbons (Fsp3) is 0.882. The van der Waals surface area contributed by atoms with Crippen molar-refractivity contribution in [2.45, 2.75) is 63.7 Å². The van der Waals surface area contributed by atoms with Gasteiger partial charge in [-0.3, -0.25) is 0 Å². The predicted molar refractivity (Wildman–Crippen MR) is 80.7 cm³/mol. The predicted octanol–water partition coefficient (Wildman–Crippen LogP) is 3.06. The largest absolute Gasteiger partial charge is 0.339 e. The highest BCUT2D eigenvalue weighted by molar-refractivity contribution is 5.16. The van der Waals surface area contributed by atoms with E-state index in [-0.39, 0.29) is 5.41 Å². The summed E-state index contributed by atoms with van der Waals surface area (Å²) in [6.45, 7) is 2.87. The molecule has 0 amide bonds. The van der Waals surface area contributed by atoms with Gasteiger partial charge >= 0.3 is 0 Å². The molecular formula is C17H27N3O. The van der Waals surface area contributed by atoms with Gasteiger partial charge in [0.25, 0.3) is 0 Å². The number of nitrogens with zero attached hydrogens (tertiary/aromatic N) is 2. The first-order valence-corrected chi connectivity index (χ1v) is 8.74. The smallest absolute Gasteiger partial charge is 0.226 e. The Labute approximate surface area is 126 Å². The average Bonchev–Trinajstić information content (AvgIpc) is 2.92. The van der Waals surface area contributed by atoms with E-state index in [0.717, 1.165) is 42.3 Å². The number of aromatic nitrogens is 2. The molecule has 2 N–H and O–H groups in total. The third kappa shape index (κ3) is 2.32. The lowest BCUT2D eigenvalue weighted by atomic mass is 9.49. The van der Waals surface area contributed by atoms with E-state index in [2.05, 4.69) is 12.1 Å². The van der Waals surface area contributed by atoms with Crippen LogP contribution in [0.25, 0.3) is 0 Å². The van der Waals surface area contributed by atoms with Crippen molar-refractivity contribution in [2.75, 3.05) is 6.54 Å². The molecule has 4 aliphatic carbocycles. The van der Waals surface area contributed by atoms with E-state index < -0.39 is 0 Å². The van der Waals surface area contributed by atoms with Crippen molar-refractivity contribution < 1.29 is 4.52 Å². The first-order valence-electron chi connectivity index (χ1n) is 8.74. The Hall–Kier alpha value is -0.900. The van der Waals surface area contributed by atoms with Crippen LogP contribution in [0.5, 0.6) is 0 Å². The van der Waals surface area contributed by atoms with E-state index in [1.807, 2.05) is 0 Å². The zero-order chi connectivity index (χ0) is 14.4. The zero-order valence-corrected chi connectivity index (χ0v) is 13.1. The molecule has 1 aromatic heterocycles. The molecule has 0 aliphatic heterocycles. The van der Waals surface area contributed by atoms with E-state index in [4.69, 9.17) is 15.2 Å². The molecule has 0 spiro atoms. The number of hydrogen-bond acceptors (Lipinski definition) is 4. The van der Waals surface area contributed by atoms with Gasteiger partial charge in [0.1, 0.15) is 0 Å². The molecule has 1 atom stereocenters. The summed E-state index contributed by atoms with van der Waals surface area (Å²) >= 11 is 0. The highest BCUT2D eigenvalue weighted by Crippen LogP contribution is 2.60. The molecule has 1 unspecified atom stereocenters. The van der Waals surface area contributed by atoms with Gasteiger partial charge in [-0.25, -0.2) is 0 Å². The summed E-state index contributed by atoms with van der Waals surface area (Å²) in [4.78, 5) is 4.80. The summed E-state index contributed by atoms with van der Waals surface area (Å²) in [5, 5.41) is 4.40. The van der Waals surface area contributed by atoms with Gasteiger partial charge in [-0.05, 0) is 68.7 Å². The van der Waals surface area contributed by atoms with Crippen LogP contribution in [0.1, 0.15) is 63.6 Å². The van der Waals surface area contributed by atoms with Gasteiger partial charge in [0.15, 0.2) is 5.82 Å². The molecule has 1 aromatic rings. The van der Waals surface area contributed by atoms with Gasteiger partial charge in [0.05, 0.1) is 0 Å². The summed E-state index contributed by atoms with van der Waals surface area (Å²) in [5.74, 6) is 5.05.